The predicted molar refractivity (Wildman–Crippen MR) is 118 cm³/mol. The standard InChI is InChI=1S/C24H39N3O/c1-5-8-9-10-11-12-15-18-27-22-17-14-13-16-21(22)26-23(27)19(4)25-24(28)20(6-2)7-3/h13-14,16-17,19-20H,5-12,15,18H2,1-4H3,(H,25,28). The smallest absolute Gasteiger partial charge is 0.223 e. The highest BCUT2D eigenvalue weighted by Gasteiger charge is 2.21. The Balaban J connectivity index is 2.05. The average Bonchev–Trinajstić information content (AvgIpc) is 3.07. The molecule has 0 saturated heterocycles. The van der Waals surface area contributed by atoms with Crippen molar-refractivity contribution in [2.45, 2.75) is 98.1 Å². The highest BCUT2D eigenvalue weighted by atomic mass is 16.1. The van der Waals surface area contributed by atoms with Crippen molar-refractivity contribution in [2.24, 2.45) is 5.92 Å². The molecule has 4 heteroatoms. The van der Waals surface area contributed by atoms with E-state index in [1.807, 2.05) is 6.07 Å². The predicted octanol–water partition coefficient (Wildman–Crippen LogP) is 6.40. The Morgan fingerprint density at radius 3 is 2.32 bits per heavy atom. The van der Waals surface area contributed by atoms with Gasteiger partial charge < -0.3 is 9.88 Å². The van der Waals surface area contributed by atoms with E-state index in [2.05, 4.69) is 55.8 Å². The zero-order valence-corrected chi connectivity index (χ0v) is 18.3. The first-order valence-corrected chi connectivity index (χ1v) is 11.4. The van der Waals surface area contributed by atoms with E-state index < -0.39 is 0 Å². The molecule has 0 saturated carbocycles. The molecule has 1 N–H and O–H groups in total. The Morgan fingerprint density at radius 1 is 1.00 bits per heavy atom. The summed E-state index contributed by atoms with van der Waals surface area (Å²) in [7, 11) is 0. The Morgan fingerprint density at radius 2 is 1.64 bits per heavy atom. The first-order chi connectivity index (χ1) is 13.6. The molecule has 4 nitrogen and oxygen atoms in total. The highest BCUT2D eigenvalue weighted by Crippen LogP contribution is 2.23. The minimum absolute atomic E-state index is 0.0787. The summed E-state index contributed by atoms with van der Waals surface area (Å²) in [5.41, 5.74) is 2.19. The van der Waals surface area contributed by atoms with Gasteiger partial charge in [0.1, 0.15) is 5.82 Å². The molecule has 0 bridgehead atoms. The van der Waals surface area contributed by atoms with Crippen molar-refractivity contribution in [1.29, 1.82) is 0 Å². The molecule has 0 radical (unpaired) electrons. The van der Waals surface area contributed by atoms with Crippen molar-refractivity contribution >= 4 is 16.9 Å². The molecule has 0 aliphatic carbocycles. The van der Waals surface area contributed by atoms with Crippen LogP contribution >= 0.6 is 0 Å². The third-order valence-corrected chi connectivity index (χ3v) is 5.77. The number of aryl methyl sites for hydroxylation is 1. The van der Waals surface area contributed by atoms with Crippen molar-refractivity contribution < 1.29 is 4.79 Å². The fourth-order valence-corrected chi connectivity index (χ4v) is 3.94. The fourth-order valence-electron chi connectivity index (χ4n) is 3.94. The lowest BCUT2D eigenvalue weighted by Gasteiger charge is -2.19. The van der Waals surface area contributed by atoms with E-state index in [9.17, 15) is 4.79 Å². The van der Waals surface area contributed by atoms with Gasteiger partial charge in [-0.1, -0.05) is 71.4 Å². The molecule has 1 atom stereocenters. The van der Waals surface area contributed by atoms with Crippen molar-refractivity contribution in [3.05, 3.63) is 30.1 Å². The molecule has 0 aliphatic rings. The molecular formula is C24H39N3O. The van der Waals surface area contributed by atoms with E-state index in [1.54, 1.807) is 0 Å². The van der Waals surface area contributed by atoms with E-state index in [-0.39, 0.29) is 17.9 Å². The number of carbonyl (C=O) groups is 1. The van der Waals surface area contributed by atoms with Crippen LogP contribution in [0.3, 0.4) is 0 Å². The molecule has 0 spiro atoms. The van der Waals surface area contributed by atoms with Crippen LogP contribution in [0.2, 0.25) is 0 Å². The summed E-state index contributed by atoms with van der Waals surface area (Å²) in [5, 5.41) is 3.20. The van der Waals surface area contributed by atoms with Gasteiger partial charge >= 0.3 is 0 Å². The lowest BCUT2D eigenvalue weighted by molar-refractivity contribution is -0.125. The zero-order valence-electron chi connectivity index (χ0n) is 18.3. The van der Waals surface area contributed by atoms with Crippen LogP contribution < -0.4 is 5.32 Å². The van der Waals surface area contributed by atoms with E-state index in [0.717, 1.165) is 37.1 Å². The Bertz CT molecular complexity index is 718. The van der Waals surface area contributed by atoms with Crippen molar-refractivity contribution in [1.82, 2.24) is 14.9 Å². The van der Waals surface area contributed by atoms with Gasteiger partial charge in [-0.3, -0.25) is 4.79 Å². The van der Waals surface area contributed by atoms with Crippen LogP contribution in [-0.4, -0.2) is 15.5 Å². The van der Waals surface area contributed by atoms with Crippen LogP contribution in [0, 0.1) is 5.92 Å². The quantitative estimate of drug-likeness (QED) is 0.405. The largest absolute Gasteiger partial charge is 0.346 e. The zero-order chi connectivity index (χ0) is 20.4. The number of nitrogens with zero attached hydrogens (tertiary/aromatic N) is 2. The number of amides is 1. The van der Waals surface area contributed by atoms with Crippen LogP contribution in [0.25, 0.3) is 11.0 Å². The number of unbranched alkanes of at least 4 members (excludes halogenated alkanes) is 6. The second-order valence-corrected chi connectivity index (χ2v) is 7.98. The van der Waals surface area contributed by atoms with Gasteiger partial charge in [0, 0.05) is 12.5 Å². The Labute approximate surface area is 171 Å². The van der Waals surface area contributed by atoms with E-state index in [0.29, 0.717) is 0 Å². The maximum absolute atomic E-state index is 12.6. The van der Waals surface area contributed by atoms with Crippen molar-refractivity contribution in [3.63, 3.8) is 0 Å². The van der Waals surface area contributed by atoms with Gasteiger partial charge in [-0.2, -0.15) is 0 Å². The molecule has 1 heterocycles. The summed E-state index contributed by atoms with van der Waals surface area (Å²) >= 11 is 0. The van der Waals surface area contributed by atoms with Crippen molar-refractivity contribution in [2.75, 3.05) is 0 Å². The molecule has 28 heavy (non-hydrogen) atoms. The summed E-state index contributed by atoms with van der Waals surface area (Å²) in [6.07, 6.45) is 10.8. The van der Waals surface area contributed by atoms with Crippen LogP contribution in [0.15, 0.2) is 24.3 Å². The molecule has 2 rings (SSSR count). The number of rotatable bonds is 13. The Hall–Kier alpha value is -1.84. The van der Waals surface area contributed by atoms with Gasteiger partial charge in [-0.05, 0) is 38.3 Å². The highest BCUT2D eigenvalue weighted by molar-refractivity contribution is 5.79. The van der Waals surface area contributed by atoms with E-state index in [1.165, 1.54) is 44.0 Å². The second kappa shape index (κ2) is 11.9. The number of aromatic nitrogens is 2. The van der Waals surface area contributed by atoms with E-state index >= 15 is 0 Å². The van der Waals surface area contributed by atoms with Crippen LogP contribution in [0.5, 0.6) is 0 Å². The number of benzene rings is 1. The summed E-state index contributed by atoms with van der Waals surface area (Å²) < 4.78 is 2.32. The monoisotopic (exact) mass is 385 g/mol. The topological polar surface area (TPSA) is 46.9 Å². The van der Waals surface area contributed by atoms with Crippen molar-refractivity contribution in [3.8, 4) is 0 Å². The van der Waals surface area contributed by atoms with Gasteiger partial charge in [0.25, 0.3) is 0 Å². The van der Waals surface area contributed by atoms with Gasteiger partial charge in [-0.15, -0.1) is 0 Å². The molecule has 1 aromatic heterocycles. The third-order valence-electron chi connectivity index (χ3n) is 5.77. The first-order valence-electron chi connectivity index (χ1n) is 11.4. The molecule has 156 valence electrons. The molecule has 0 aliphatic heterocycles. The average molecular weight is 386 g/mol. The molecule has 2 aromatic rings. The summed E-state index contributed by atoms with van der Waals surface area (Å²) in [6, 6.07) is 8.23. The van der Waals surface area contributed by atoms with Gasteiger partial charge in [-0.25, -0.2) is 4.98 Å². The number of carbonyl (C=O) groups excluding carboxylic acids is 1. The second-order valence-electron chi connectivity index (χ2n) is 7.98. The number of hydrogen-bond acceptors (Lipinski definition) is 2. The normalized spacial score (nSPS) is 12.6. The number of imidazole rings is 1. The minimum Gasteiger partial charge on any atom is -0.346 e. The fraction of sp³-hybridized carbons (Fsp3) is 0.667. The minimum atomic E-state index is -0.0787. The molecule has 0 fully saturated rings. The van der Waals surface area contributed by atoms with E-state index in [4.69, 9.17) is 4.98 Å². The summed E-state index contributed by atoms with van der Waals surface area (Å²) in [6.45, 7) is 9.44. The molecular weight excluding hydrogens is 346 g/mol. The van der Waals surface area contributed by atoms with Gasteiger partial charge in [0.2, 0.25) is 5.91 Å². The molecule has 1 unspecified atom stereocenters. The van der Waals surface area contributed by atoms with Crippen LogP contribution in [0.1, 0.15) is 97.3 Å². The lowest BCUT2D eigenvalue weighted by atomic mass is 10.0. The lowest BCUT2D eigenvalue weighted by Crippen LogP contribution is -2.33. The molecule has 1 aromatic carbocycles. The third kappa shape index (κ3) is 6.08. The maximum Gasteiger partial charge on any atom is 0.223 e. The molecule has 1 amide bonds. The number of fused-ring (bicyclic) bond motifs is 1. The van der Waals surface area contributed by atoms with Gasteiger partial charge in [0.05, 0.1) is 17.1 Å². The summed E-state index contributed by atoms with van der Waals surface area (Å²) in [4.78, 5) is 17.4. The SMILES string of the molecule is CCCCCCCCCn1c(C(C)NC(=O)C(CC)CC)nc2ccccc21. The van der Waals surface area contributed by atoms with Crippen LogP contribution in [-0.2, 0) is 11.3 Å². The number of para-hydroxylation sites is 2. The Kier molecular flexibility index (Phi) is 9.52. The number of hydrogen-bond donors (Lipinski definition) is 1. The number of nitrogens with one attached hydrogen (secondary N) is 1. The first kappa shape index (κ1) is 22.4. The van der Waals surface area contributed by atoms with Crippen LogP contribution in [0.4, 0.5) is 0 Å². The van der Waals surface area contributed by atoms with Gasteiger partial charge in [0.15, 0.2) is 0 Å². The summed E-state index contributed by atoms with van der Waals surface area (Å²) in [5.74, 6) is 1.21. The maximum atomic E-state index is 12.6.